The Hall–Kier alpha value is -3.23. The van der Waals surface area contributed by atoms with Crippen LogP contribution in [0.25, 0.3) is 0 Å². The Morgan fingerprint density at radius 2 is 1.63 bits per heavy atom. The van der Waals surface area contributed by atoms with Gasteiger partial charge < -0.3 is 14.4 Å². The minimum Gasteiger partial charge on any atom is -0.453 e. The number of esters is 1. The average molecular weight is 380 g/mol. The van der Waals surface area contributed by atoms with Crippen molar-refractivity contribution >= 4 is 28.9 Å². The highest BCUT2D eigenvalue weighted by Gasteiger charge is 2.46. The molecule has 0 saturated carbocycles. The molecule has 0 unspecified atom stereocenters. The van der Waals surface area contributed by atoms with E-state index in [0.717, 1.165) is 0 Å². The van der Waals surface area contributed by atoms with Gasteiger partial charge in [0, 0.05) is 38.8 Å². The summed E-state index contributed by atoms with van der Waals surface area (Å²) in [7, 11) is 3.52. The van der Waals surface area contributed by atoms with E-state index >= 15 is 0 Å². The van der Waals surface area contributed by atoms with E-state index in [1.807, 2.05) is 0 Å². The Morgan fingerprint density at radius 3 is 2.19 bits per heavy atom. The van der Waals surface area contributed by atoms with Gasteiger partial charge in [-0.2, -0.15) is 13.2 Å². The molecule has 0 spiro atoms. The quantitative estimate of drug-likeness (QED) is 0.582. The maximum absolute atomic E-state index is 13.2. The number of rotatable bonds is 2. The maximum Gasteiger partial charge on any atom is 0.472 e. The average Bonchev–Trinajstić information content (AvgIpc) is 2.57. The van der Waals surface area contributed by atoms with Crippen LogP contribution in [0.3, 0.4) is 0 Å². The van der Waals surface area contributed by atoms with Crippen molar-refractivity contribution in [1.82, 2.24) is 0 Å². The van der Waals surface area contributed by atoms with Crippen LogP contribution >= 0.6 is 0 Å². The molecule has 0 N–H and O–H groups in total. The molecule has 9 heteroatoms. The van der Waals surface area contributed by atoms with Crippen molar-refractivity contribution in [3.8, 4) is 17.2 Å². The highest BCUT2D eigenvalue weighted by molar-refractivity contribution is 6.07. The summed E-state index contributed by atoms with van der Waals surface area (Å²) in [6, 6.07) is 8.28. The first-order valence-corrected chi connectivity index (χ1v) is 7.81. The fraction of sp³-hybridized carbons (Fsp3) is 0.222. The van der Waals surface area contributed by atoms with Gasteiger partial charge in [-0.15, -0.1) is 0 Å². The topological polar surface area (TPSA) is 59.1 Å². The van der Waals surface area contributed by atoms with Gasteiger partial charge in [-0.05, 0) is 24.3 Å². The normalized spacial score (nSPS) is 12.6. The van der Waals surface area contributed by atoms with Gasteiger partial charge >= 0.3 is 18.1 Å². The number of carbonyl (C=O) groups excluding carboxylic acids is 2. The molecular weight excluding hydrogens is 365 g/mol. The lowest BCUT2D eigenvalue weighted by atomic mass is 10.1. The van der Waals surface area contributed by atoms with Gasteiger partial charge in [0.05, 0.1) is 11.4 Å². The number of hydrogen-bond acceptors (Lipinski definition) is 5. The first-order chi connectivity index (χ1) is 12.6. The lowest BCUT2D eigenvalue weighted by Gasteiger charge is -2.32. The summed E-state index contributed by atoms with van der Waals surface area (Å²) in [5, 5.41) is 0. The molecule has 2 aromatic carbocycles. The Balaban J connectivity index is 2.16. The molecule has 0 fully saturated rings. The van der Waals surface area contributed by atoms with E-state index in [4.69, 9.17) is 9.47 Å². The zero-order valence-electron chi connectivity index (χ0n) is 14.6. The van der Waals surface area contributed by atoms with E-state index in [9.17, 15) is 22.8 Å². The van der Waals surface area contributed by atoms with Crippen LogP contribution in [0.1, 0.15) is 6.92 Å². The Labute approximate surface area is 152 Å². The number of amides is 1. The fourth-order valence-corrected chi connectivity index (χ4v) is 2.63. The zero-order chi connectivity index (χ0) is 19.9. The lowest BCUT2D eigenvalue weighted by molar-refractivity contribution is -0.169. The van der Waals surface area contributed by atoms with Gasteiger partial charge in [-0.1, -0.05) is 0 Å². The molecule has 1 heterocycles. The molecule has 0 saturated heterocycles. The first-order valence-electron chi connectivity index (χ1n) is 7.81. The molecular formula is C18H15F3N2O4. The number of anilines is 3. The van der Waals surface area contributed by atoms with Gasteiger partial charge in [0.25, 0.3) is 0 Å². The summed E-state index contributed by atoms with van der Waals surface area (Å²) in [5.41, 5.74) is 0.543. The Kier molecular flexibility index (Phi) is 4.46. The Morgan fingerprint density at radius 1 is 1.04 bits per heavy atom. The van der Waals surface area contributed by atoms with Crippen molar-refractivity contribution in [2.24, 2.45) is 0 Å². The number of benzene rings is 2. The van der Waals surface area contributed by atoms with Crippen LogP contribution < -0.4 is 19.3 Å². The number of halogens is 3. The third-order valence-electron chi connectivity index (χ3n) is 3.80. The number of alkyl halides is 3. The molecule has 1 aliphatic heterocycles. The van der Waals surface area contributed by atoms with Crippen molar-refractivity contribution in [2.45, 2.75) is 13.1 Å². The van der Waals surface area contributed by atoms with Crippen molar-refractivity contribution < 1.29 is 32.2 Å². The second kappa shape index (κ2) is 6.49. The van der Waals surface area contributed by atoms with E-state index in [1.54, 1.807) is 25.1 Å². The highest BCUT2D eigenvalue weighted by Crippen LogP contribution is 2.50. The summed E-state index contributed by atoms with van der Waals surface area (Å²) in [6.07, 6.45) is -5.08. The number of fused-ring (bicyclic) bond motifs is 2. The molecule has 0 bridgehead atoms. The predicted octanol–water partition coefficient (Wildman–Crippen LogP) is 4.01. The summed E-state index contributed by atoms with van der Waals surface area (Å²) in [6.45, 7) is 1.19. The van der Waals surface area contributed by atoms with E-state index < -0.39 is 18.1 Å². The number of carbonyl (C=O) groups is 2. The number of nitrogens with zero attached hydrogens (tertiary/aromatic N) is 2. The van der Waals surface area contributed by atoms with Gasteiger partial charge in [-0.25, -0.2) is 0 Å². The highest BCUT2D eigenvalue weighted by atomic mass is 19.4. The molecule has 0 aliphatic carbocycles. The van der Waals surface area contributed by atoms with Crippen LogP contribution in [0, 0.1) is 0 Å². The lowest BCUT2D eigenvalue weighted by Crippen LogP contribution is -2.39. The van der Waals surface area contributed by atoms with E-state index in [1.165, 1.54) is 37.3 Å². The van der Waals surface area contributed by atoms with Crippen molar-refractivity contribution in [1.29, 1.82) is 0 Å². The summed E-state index contributed by atoms with van der Waals surface area (Å²) >= 11 is 0. The third kappa shape index (κ3) is 3.53. The van der Waals surface area contributed by atoms with Crippen LogP contribution in [-0.2, 0) is 9.59 Å². The van der Waals surface area contributed by atoms with Crippen LogP contribution in [0.2, 0.25) is 0 Å². The molecule has 1 amide bonds. The first kappa shape index (κ1) is 18.6. The molecule has 142 valence electrons. The van der Waals surface area contributed by atoms with Crippen molar-refractivity contribution in [3.63, 3.8) is 0 Å². The smallest absolute Gasteiger partial charge is 0.453 e. The van der Waals surface area contributed by atoms with Gasteiger partial charge in [0.1, 0.15) is 5.75 Å². The molecule has 2 aromatic rings. The SMILES string of the molecule is CC(=O)Oc1ccc2c(c1)Oc1cc(N(C)C)ccc1N2C(=O)C(F)(F)F. The second-order valence-electron chi connectivity index (χ2n) is 6.01. The summed E-state index contributed by atoms with van der Waals surface area (Å²) < 4.78 is 50.2. The minimum absolute atomic E-state index is 0.0318. The third-order valence-corrected chi connectivity index (χ3v) is 3.80. The number of hydrogen-bond donors (Lipinski definition) is 0. The van der Waals surface area contributed by atoms with Gasteiger partial charge in [0.2, 0.25) is 0 Å². The second-order valence-corrected chi connectivity index (χ2v) is 6.01. The maximum atomic E-state index is 13.2. The van der Waals surface area contributed by atoms with Crippen molar-refractivity contribution in [3.05, 3.63) is 36.4 Å². The van der Waals surface area contributed by atoms with Gasteiger partial charge in [-0.3, -0.25) is 14.5 Å². The Bertz CT molecular complexity index is 925. The molecule has 0 aromatic heterocycles. The largest absolute Gasteiger partial charge is 0.472 e. The molecule has 0 radical (unpaired) electrons. The molecule has 0 atom stereocenters. The van der Waals surface area contributed by atoms with Crippen LogP contribution in [0.4, 0.5) is 30.2 Å². The van der Waals surface area contributed by atoms with Crippen LogP contribution in [0.15, 0.2) is 36.4 Å². The monoisotopic (exact) mass is 380 g/mol. The van der Waals surface area contributed by atoms with Crippen LogP contribution in [-0.4, -0.2) is 32.1 Å². The minimum atomic E-state index is -5.08. The van der Waals surface area contributed by atoms with E-state index in [2.05, 4.69) is 0 Å². The zero-order valence-corrected chi connectivity index (χ0v) is 14.6. The standard InChI is InChI=1S/C18H15F3N2O4/c1-10(24)26-12-5-7-14-16(9-12)27-15-8-11(22(2)3)4-6-13(15)23(14)17(25)18(19,20)21/h4-9H,1-3H3. The fourth-order valence-electron chi connectivity index (χ4n) is 2.63. The number of ether oxygens (including phenoxy) is 2. The molecule has 1 aliphatic rings. The predicted molar refractivity (Wildman–Crippen MR) is 91.8 cm³/mol. The molecule has 27 heavy (non-hydrogen) atoms. The van der Waals surface area contributed by atoms with E-state index in [-0.39, 0.29) is 28.6 Å². The van der Waals surface area contributed by atoms with E-state index in [0.29, 0.717) is 10.6 Å². The van der Waals surface area contributed by atoms with Crippen molar-refractivity contribution in [2.75, 3.05) is 23.9 Å². The summed E-state index contributed by atoms with van der Waals surface area (Å²) in [4.78, 5) is 25.5. The summed E-state index contributed by atoms with van der Waals surface area (Å²) in [5.74, 6) is -2.51. The molecule has 6 nitrogen and oxygen atoms in total. The van der Waals surface area contributed by atoms with Crippen LogP contribution in [0.5, 0.6) is 17.2 Å². The molecule has 3 rings (SSSR count). The van der Waals surface area contributed by atoms with Gasteiger partial charge in [0.15, 0.2) is 11.5 Å².